The van der Waals surface area contributed by atoms with Gasteiger partial charge in [0, 0.05) is 23.4 Å². The lowest BCUT2D eigenvalue weighted by Gasteiger charge is -2.14. The molecule has 3 nitrogen and oxygen atoms in total. The van der Waals surface area contributed by atoms with Gasteiger partial charge in [0.2, 0.25) is 0 Å². The minimum absolute atomic E-state index is 0.0300. The number of hydrogen-bond acceptors (Lipinski definition) is 4. The number of methoxy groups -OCH3 is 1. The largest absolute Gasteiger partial charge is 0.395 e. The third-order valence-corrected chi connectivity index (χ3v) is 2.95. The van der Waals surface area contributed by atoms with Crippen molar-refractivity contribution >= 4 is 11.3 Å². The Balaban J connectivity index is 2.31. The molecule has 1 heterocycles. The lowest BCUT2D eigenvalue weighted by molar-refractivity contribution is 0.128. The van der Waals surface area contributed by atoms with Crippen LogP contribution in [-0.4, -0.2) is 31.5 Å². The summed E-state index contributed by atoms with van der Waals surface area (Å²) in [6, 6.07) is 4.24. The van der Waals surface area contributed by atoms with Crippen molar-refractivity contribution < 1.29 is 9.84 Å². The Bertz CT molecular complexity index is 262. The lowest BCUT2D eigenvalue weighted by atomic mass is 10.3. The third-order valence-electron chi connectivity index (χ3n) is 1.95. The van der Waals surface area contributed by atoms with E-state index in [0.29, 0.717) is 6.61 Å². The average molecular weight is 215 g/mol. The zero-order valence-electron chi connectivity index (χ0n) is 8.62. The van der Waals surface area contributed by atoms with Crippen molar-refractivity contribution in [1.82, 2.24) is 5.32 Å². The Kier molecular flexibility index (Phi) is 5.11. The van der Waals surface area contributed by atoms with E-state index < -0.39 is 0 Å². The second-order valence-electron chi connectivity index (χ2n) is 3.23. The maximum absolute atomic E-state index is 9.00. The SMILES string of the molecule is COCC(CO)NCc1ccc(C)s1. The van der Waals surface area contributed by atoms with Gasteiger partial charge in [-0.3, -0.25) is 0 Å². The molecule has 0 spiro atoms. The quantitative estimate of drug-likeness (QED) is 0.748. The van der Waals surface area contributed by atoms with Crippen LogP contribution in [0.25, 0.3) is 0 Å². The van der Waals surface area contributed by atoms with Gasteiger partial charge in [0.05, 0.1) is 19.3 Å². The maximum Gasteiger partial charge on any atom is 0.0638 e. The summed E-state index contributed by atoms with van der Waals surface area (Å²) in [5.74, 6) is 0. The predicted molar refractivity (Wildman–Crippen MR) is 58.6 cm³/mol. The summed E-state index contributed by atoms with van der Waals surface area (Å²) in [4.78, 5) is 2.60. The zero-order valence-corrected chi connectivity index (χ0v) is 9.43. The summed E-state index contributed by atoms with van der Waals surface area (Å²) in [7, 11) is 1.64. The molecule has 0 aromatic carbocycles. The summed E-state index contributed by atoms with van der Waals surface area (Å²) in [6.45, 7) is 3.54. The van der Waals surface area contributed by atoms with E-state index in [4.69, 9.17) is 9.84 Å². The number of ether oxygens (including phenoxy) is 1. The maximum atomic E-state index is 9.00. The van der Waals surface area contributed by atoms with E-state index in [0.717, 1.165) is 6.54 Å². The van der Waals surface area contributed by atoms with Crippen molar-refractivity contribution in [1.29, 1.82) is 0 Å². The first kappa shape index (κ1) is 11.7. The van der Waals surface area contributed by atoms with E-state index in [9.17, 15) is 0 Å². The van der Waals surface area contributed by atoms with E-state index in [1.165, 1.54) is 9.75 Å². The molecule has 1 aromatic heterocycles. The van der Waals surface area contributed by atoms with Crippen LogP contribution in [0.3, 0.4) is 0 Å². The molecule has 14 heavy (non-hydrogen) atoms. The number of rotatable bonds is 6. The molecule has 1 atom stereocenters. The van der Waals surface area contributed by atoms with Crippen LogP contribution >= 0.6 is 11.3 Å². The molecule has 2 N–H and O–H groups in total. The van der Waals surface area contributed by atoms with Crippen molar-refractivity contribution in [2.45, 2.75) is 19.5 Å². The van der Waals surface area contributed by atoms with Crippen LogP contribution in [0, 0.1) is 6.92 Å². The summed E-state index contributed by atoms with van der Waals surface area (Å²) >= 11 is 1.77. The highest BCUT2D eigenvalue weighted by molar-refractivity contribution is 7.11. The molecule has 0 saturated heterocycles. The van der Waals surface area contributed by atoms with Gasteiger partial charge in [0.25, 0.3) is 0 Å². The van der Waals surface area contributed by atoms with Gasteiger partial charge in [0.15, 0.2) is 0 Å². The first-order valence-electron chi connectivity index (χ1n) is 4.64. The number of thiophene rings is 1. The molecule has 1 unspecified atom stereocenters. The molecule has 0 bridgehead atoms. The molecule has 80 valence electrons. The van der Waals surface area contributed by atoms with Crippen LogP contribution in [-0.2, 0) is 11.3 Å². The van der Waals surface area contributed by atoms with Crippen LogP contribution < -0.4 is 5.32 Å². The van der Waals surface area contributed by atoms with Crippen LogP contribution in [0.2, 0.25) is 0 Å². The van der Waals surface area contributed by atoms with Gasteiger partial charge in [0.1, 0.15) is 0 Å². The smallest absolute Gasteiger partial charge is 0.0638 e. The molecule has 0 amide bonds. The topological polar surface area (TPSA) is 41.5 Å². The van der Waals surface area contributed by atoms with Crippen molar-refractivity contribution in [3.63, 3.8) is 0 Å². The number of aryl methyl sites for hydroxylation is 1. The molecule has 0 aliphatic heterocycles. The van der Waals surface area contributed by atoms with Crippen LogP contribution in [0.5, 0.6) is 0 Å². The molecule has 0 aliphatic rings. The highest BCUT2D eigenvalue weighted by Crippen LogP contribution is 2.14. The summed E-state index contributed by atoms with van der Waals surface area (Å²) in [5.41, 5.74) is 0. The van der Waals surface area contributed by atoms with Gasteiger partial charge in [-0.25, -0.2) is 0 Å². The second-order valence-corrected chi connectivity index (χ2v) is 4.60. The van der Waals surface area contributed by atoms with Crippen molar-refractivity contribution in [3.8, 4) is 0 Å². The van der Waals surface area contributed by atoms with Crippen LogP contribution in [0.15, 0.2) is 12.1 Å². The van der Waals surface area contributed by atoms with Crippen molar-refractivity contribution in [2.24, 2.45) is 0 Å². The Labute approximate surface area is 88.7 Å². The fraction of sp³-hybridized carbons (Fsp3) is 0.600. The zero-order chi connectivity index (χ0) is 10.4. The standard InChI is InChI=1S/C10H17NO2S/c1-8-3-4-10(14-8)5-11-9(6-12)7-13-2/h3-4,9,11-12H,5-7H2,1-2H3. The van der Waals surface area contributed by atoms with Crippen LogP contribution in [0.4, 0.5) is 0 Å². The first-order valence-corrected chi connectivity index (χ1v) is 5.46. The van der Waals surface area contributed by atoms with Crippen LogP contribution in [0.1, 0.15) is 9.75 Å². The summed E-state index contributed by atoms with van der Waals surface area (Å²) in [5, 5.41) is 12.2. The van der Waals surface area contributed by atoms with E-state index in [1.54, 1.807) is 18.4 Å². The Hall–Kier alpha value is -0.420. The van der Waals surface area contributed by atoms with Gasteiger partial charge in [-0.1, -0.05) is 0 Å². The molecular weight excluding hydrogens is 198 g/mol. The first-order chi connectivity index (χ1) is 6.76. The molecule has 0 fully saturated rings. The lowest BCUT2D eigenvalue weighted by Crippen LogP contribution is -2.35. The molecule has 1 aromatic rings. The number of aliphatic hydroxyl groups excluding tert-OH is 1. The van der Waals surface area contributed by atoms with Gasteiger partial charge in [-0.2, -0.15) is 0 Å². The predicted octanol–water partition coefficient (Wildman–Crippen LogP) is 1.15. The van der Waals surface area contributed by atoms with E-state index in [2.05, 4.69) is 24.4 Å². The Morgan fingerprint density at radius 3 is 2.86 bits per heavy atom. The fourth-order valence-corrected chi connectivity index (χ4v) is 2.04. The van der Waals surface area contributed by atoms with Crippen molar-refractivity contribution in [3.05, 3.63) is 21.9 Å². The molecule has 4 heteroatoms. The molecule has 0 aliphatic carbocycles. The minimum Gasteiger partial charge on any atom is -0.395 e. The highest BCUT2D eigenvalue weighted by atomic mass is 32.1. The minimum atomic E-state index is 0.0300. The Morgan fingerprint density at radius 2 is 2.36 bits per heavy atom. The van der Waals surface area contributed by atoms with E-state index in [-0.39, 0.29) is 12.6 Å². The molecule has 1 rings (SSSR count). The fourth-order valence-electron chi connectivity index (χ4n) is 1.20. The third kappa shape index (κ3) is 3.75. The Morgan fingerprint density at radius 1 is 1.57 bits per heavy atom. The summed E-state index contributed by atoms with van der Waals surface area (Å²) in [6.07, 6.45) is 0. The van der Waals surface area contributed by atoms with Gasteiger partial charge < -0.3 is 15.2 Å². The normalized spacial score (nSPS) is 13.1. The number of nitrogens with one attached hydrogen (secondary N) is 1. The van der Waals surface area contributed by atoms with Gasteiger partial charge in [-0.05, 0) is 19.1 Å². The molecular formula is C10H17NO2S. The molecule has 0 saturated carbocycles. The highest BCUT2D eigenvalue weighted by Gasteiger charge is 2.06. The monoisotopic (exact) mass is 215 g/mol. The molecule has 0 radical (unpaired) electrons. The number of hydrogen-bond donors (Lipinski definition) is 2. The average Bonchev–Trinajstić information content (AvgIpc) is 2.59. The van der Waals surface area contributed by atoms with Gasteiger partial charge in [-0.15, -0.1) is 11.3 Å². The number of aliphatic hydroxyl groups is 1. The van der Waals surface area contributed by atoms with E-state index >= 15 is 0 Å². The van der Waals surface area contributed by atoms with Gasteiger partial charge >= 0.3 is 0 Å². The van der Waals surface area contributed by atoms with Crippen molar-refractivity contribution in [2.75, 3.05) is 20.3 Å². The van der Waals surface area contributed by atoms with E-state index in [1.807, 2.05) is 0 Å². The summed E-state index contributed by atoms with van der Waals surface area (Å²) < 4.78 is 4.97. The second kappa shape index (κ2) is 6.14.